The zero-order chi connectivity index (χ0) is 10.8. The maximum Gasteiger partial charge on any atom is 0.240 e. The molecule has 0 saturated carbocycles. The van der Waals surface area contributed by atoms with E-state index in [2.05, 4.69) is 5.32 Å². The Morgan fingerprint density at radius 3 is 2.93 bits per heavy atom. The SMILES string of the molecule is Cc1ccc(N2CCNCC2=O)cc1F. The van der Waals surface area contributed by atoms with Crippen LogP contribution in [0.3, 0.4) is 0 Å². The van der Waals surface area contributed by atoms with Crippen LogP contribution in [-0.2, 0) is 4.79 Å². The molecule has 0 aromatic heterocycles. The molecule has 0 unspecified atom stereocenters. The van der Waals surface area contributed by atoms with Crippen LogP contribution in [0.15, 0.2) is 18.2 Å². The highest BCUT2D eigenvalue weighted by atomic mass is 19.1. The summed E-state index contributed by atoms with van der Waals surface area (Å²) in [6.45, 7) is 3.39. The molecule has 1 amide bonds. The zero-order valence-corrected chi connectivity index (χ0v) is 8.59. The Morgan fingerprint density at radius 1 is 1.47 bits per heavy atom. The van der Waals surface area contributed by atoms with Gasteiger partial charge in [-0.2, -0.15) is 0 Å². The van der Waals surface area contributed by atoms with Crippen molar-refractivity contribution in [3.63, 3.8) is 0 Å². The highest BCUT2D eigenvalue weighted by Crippen LogP contribution is 2.18. The summed E-state index contributed by atoms with van der Waals surface area (Å²) >= 11 is 0. The Bertz CT molecular complexity index is 392. The molecule has 1 aromatic carbocycles. The normalized spacial score (nSPS) is 16.9. The van der Waals surface area contributed by atoms with Gasteiger partial charge in [-0.25, -0.2) is 4.39 Å². The van der Waals surface area contributed by atoms with Gasteiger partial charge in [-0.15, -0.1) is 0 Å². The van der Waals surface area contributed by atoms with Gasteiger partial charge in [0.05, 0.1) is 6.54 Å². The number of hydrogen-bond acceptors (Lipinski definition) is 2. The van der Waals surface area contributed by atoms with Gasteiger partial charge in [0.25, 0.3) is 0 Å². The average molecular weight is 208 g/mol. The van der Waals surface area contributed by atoms with Crippen molar-refractivity contribution >= 4 is 11.6 Å². The molecule has 15 heavy (non-hydrogen) atoms. The number of nitrogens with one attached hydrogen (secondary N) is 1. The van der Waals surface area contributed by atoms with Gasteiger partial charge in [-0.05, 0) is 24.6 Å². The minimum absolute atomic E-state index is 0.00972. The molecular weight excluding hydrogens is 195 g/mol. The van der Waals surface area contributed by atoms with Crippen LogP contribution in [0.25, 0.3) is 0 Å². The van der Waals surface area contributed by atoms with Gasteiger partial charge in [0.2, 0.25) is 5.91 Å². The third kappa shape index (κ3) is 1.99. The lowest BCUT2D eigenvalue weighted by molar-refractivity contribution is -0.118. The number of nitrogens with zero attached hydrogens (tertiary/aromatic N) is 1. The summed E-state index contributed by atoms with van der Waals surface area (Å²) < 4.78 is 13.3. The van der Waals surface area contributed by atoms with Crippen molar-refractivity contribution in [2.24, 2.45) is 0 Å². The lowest BCUT2D eigenvalue weighted by Crippen LogP contribution is -2.48. The lowest BCUT2D eigenvalue weighted by atomic mass is 10.2. The predicted molar refractivity (Wildman–Crippen MR) is 56.4 cm³/mol. The monoisotopic (exact) mass is 208 g/mol. The van der Waals surface area contributed by atoms with E-state index >= 15 is 0 Å². The van der Waals surface area contributed by atoms with E-state index in [-0.39, 0.29) is 11.7 Å². The fraction of sp³-hybridized carbons (Fsp3) is 0.364. The fourth-order valence-electron chi connectivity index (χ4n) is 1.63. The molecule has 1 heterocycles. The second-order valence-electron chi connectivity index (χ2n) is 3.66. The number of benzene rings is 1. The first-order chi connectivity index (χ1) is 7.18. The highest BCUT2D eigenvalue weighted by molar-refractivity contribution is 5.95. The summed E-state index contributed by atoms with van der Waals surface area (Å²) in [5, 5.41) is 2.98. The summed E-state index contributed by atoms with van der Waals surface area (Å²) in [5.74, 6) is -0.275. The smallest absolute Gasteiger partial charge is 0.240 e. The van der Waals surface area contributed by atoms with Crippen molar-refractivity contribution < 1.29 is 9.18 Å². The molecule has 1 aromatic rings. The second kappa shape index (κ2) is 3.98. The minimum Gasteiger partial charge on any atom is -0.310 e. The Labute approximate surface area is 87.9 Å². The van der Waals surface area contributed by atoms with E-state index in [9.17, 15) is 9.18 Å². The molecule has 1 N–H and O–H groups in total. The number of piperazine rings is 1. The van der Waals surface area contributed by atoms with Crippen molar-refractivity contribution in [1.29, 1.82) is 0 Å². The average Bonchev–Trinajstić information content (AvgIpc) is 2.23. The number of amides is 1. The molecule has 3 nitrogen and oxygen atoms in total. The third-order valence-corrected chi connectivity index (χ3v) is 2.56. The molecule has 1 fully saturated rings. The molecule has 1 aliphatic heterocycles. The summed E-state index contributed by atoms with van der Waals surface area (Å²) in [5.41, 5.74) is 1.24. The van der Waals surface area contributed by atoms with Gasteiger partial charge in [0, 0.05) is 18.8 Å². The van der Waals surface area contributed by atoms with Crippen LogP contribution in [0.1, 0.15) is 5.56 Å². The van der Waals surface area contributed by atoms with Crippen molar-refractivity contribution in [3.05, 3.63) is 29.6 Å². The van der Waals surface area contributed by atoms with Crippen LogP contribution in [0, 0.1) is 12.7 Å². The number of halogens is 1. The zero-order valence-electron chi connectivity index (χ0n) is 8.59. The van der Waals surface area contributed by atoms with Gasteiger partial charge >= 0.3 is 0 Å². The second-order valence-corrected chi connectivity index (χ2v) is 3.66. The fourth-order valence-corrected chi connectivity index (χ4v) is 1.63. The maximum absolute atomic E-state index is 13.3. The van der Waals surface area contributed by atoms with E-state index in [1.807, 2.05) is 0 Å². The predicted octanol–water partition coefficient (Wildman–Crippen LogP) is 1.07. The Kier molecular flexibility index (Phi) is 2.68. The molecule has 0 spiro atoms. The third-order valence-electron chi connectivity index (χ3n) is 2.56. The van der Waals surface area contributed by atoms with E-state index < -0.39 is 0 Å². The van der Waals surface area contributed by atoms with Gasteiger partial charge < -0.3 is 10.2 Å². The summed E-state index contributed by atoms with van der Waals surface area (Å²) in [4.78, 5) is 13.1. The van der Waals surface area contributed by atoms with Crippen LogP contribution in [0.4, 0.5) is 10.1 Å². The number of rotatable bonds is 1. The number of anilines is 1. The minimum atomic E-state index is -0.265. The van der Waals surface area contributed by atoms with E-state index in [4.69, 9.17) is 0 Å². The Balaban J connectivity index is 2.28. The highest BCUT2D eigenvalue weighted by Gasteiger charge is 2.19. The molecule has 0 atom stereocenters. The first-order valence-corrected chi connectivity index (χ1v) is 4.96. The van der Waals surface area contributed by atoms with Gasteiger partial charge in [-0.3, -0.25) is 4.79 Å². The van der Waals surface area contributed by atoms with Crippen LogP contribution >= 0.6 is 0 Å². The number of carbonyl (C=O) groups excluding carboxylic acids is 1. The molecular formula is C11H13FN2O. The van der Waals surface area contributed by atoms with E-state index in [0.717, 1.165) is 6.54 Å². The number of hydrogen-bond donors (Lipinski definition) is 1. The van der Waals surface area contributed by atoms with Crippen molar-refractivity contribution in [3.8, 4) is 0 Å². The van der Waals surface area contributed by atoms with Crippen LogP contribution in [0.2, 0.25) is 0 Å². The standard InChI is InChI=1S/C11H13FN2O/c1-8-2-3-9(6-10(8)12)14-5-4-13-7-11(14)15/h2-3,6,13H,4-5,7H2,1H3. The molecule has 1 aliphatic rings. The van der Waals surface area contributed by atoms with Gasteiger partial charge in [0.15, 0.2) is 0 Å². The maximum atomic E-state index is 13.3. The molecule has 1 saturated heterocycles. The Morgan fingerprint density at radius 2 is 2.27 bits per heavy atom. The topological polar surface area (TPSA) is 32.3 Å². The lowest BCUT2D eigenvalue weighted by Gasteiger charge is -2.27. The number of aryl methyl sites for hydroxylation is 1. The van der Waals surface area contributed by atoms with Crippen LogP contribution in [0.5, 0.6) is 0 Å². The molecule has 4 heteroatoms. The van der Waals surface area contributed by atoms with Gasteiger partial charge in [-0.1, -0.05) is 6.07 Å². The van der Waals surface area contributed by atoms with Crippen LogP contribution < -0.4 is 10.2 Å². The first kappa shape index (κ1) is 10.1. The molecule has 2 rings (SSSR count). The van der Waals surface area contributed by atoms with E-state index in [0.29, 0.717) is 24.3 Å². The first-order valence-electron chi connectivity index (χ1n) is 4.96. The van der Waals surface area contributed by atoms with Crippen molar-refractivity contribution in [2.75, 3.05) is 24.5 Å². The molecule has 0 bridgehead atoms. The van der Waals surface area contributed by atoms with Gasteiger partial charge in [0.1, 0.15) is 5.82 Å². The molecule has 0 radical (unpaired) electrons. The number of carbonyl (C=O) groups is 1. The molecule has 0 aliphatic carbocycles. The summed E-state index contributed by atoms with van der Waals surface area (Å²) in [6, 6.07) is 4.89. The van der Waals surface area contributed by atoms with Crippen molar-refractivity contribution in [2.45, 2.75) is 6.92 Å². The summed E-state index contributed by atoms with van der Waals surface area (Å²) in [6.07, 6.45) is 0. The Hall–Kier alpha value is -1.42. The van der Waals surface area contributed by atoms with Crippen LogP contribution in [-0.4, -0.2) is 25.5 Å². The van der Waals surface area contributed by atoms with E-state index in [1.165, 1.54) is 6.07 Å². The quantitative estimate of drug-likeness (QED) is 0.748. The molecule has 80 valence electrons. The van der Waals surface area contributed by atoms with E-state index in [1.54, 1.807) is 24.0 Å². The summed E-state index contributed by atoms with van der Waals surface area (Å²) in [7, 11) is 0. The largest absolute Gasteiger partial charge is 0.310 e. The van der Waals surface area contributed by atoms with Crippen molar-refractivity contribution in [1.82, 2.24) is 5.32 Å².